The summed E-state index contributed by atoms with van der Waals surface area (Å²) in [6.45, 7) is 9.51. The van der Waals surface area contributed by atoms with Gasteiger partial charge in [-0.25, -0.2) is 4.68 Å². The SMILES string of the molecule is CC(C)c1cccc(OCc2nnc([C@H]3CC[C@H](n4cc(-c5ccc([C@@H](C)N6CCC6)cc5)nn4)CC3)n2C)c1. The van der Waals surface area contributed by atoms with E-state index < -0.39 is 0 Å². The minimum Gasteiger partial charge on any atom is -0.486 e. The Hall–Kier alpha value is -3.52. The molecule has 1 saturated carbocycles. The summed E-state index contributed by atoms with van der Waals surface area (Å²) < 4.78 is 10.3. The summed E-state index contributed by atoms with van der Waals surface area (Å²) in [7, 11) is 2.06. The van der Waals surface area contributed by atoms with Crippen molar-refractivity contribution in [2.45, 2.75) is 83.4 Å². The first kappa shape index (κ1) is 26.7. The monoisotopic (exact) mass is 539 g/mol. The molecular weight excluding hydrogens is 498 g/mol. The van der Waals surface area contributed by atoms with E-state index in [2.05, 4.69) is 111 Å². The van der Waals surface area contributed by atoms with Gasteiger partial charge in [0.05, 0.1) is 12.2 Å². The van der Waals surface area contributed by atoms with Crippen molar-refractivity contribution in [2.75, 3.05) is 13.1 Å². The van der Waals surface area contributed by atoms with Crippen LogP contribution in [-0.2, 0) is 13.7 Å². The lowest BCUT2D eigenvalue weighted by Crippen LogP contribution is -2.38. The summed E-state index contributed by atoms with van der Waals surface area (Å²) in [5.74, 6) is 3.66. The molecule has 0 amide bonds. The zero-order valence-electron chi connectivity index (χ0n) is 24.2. The fraction of sp³-hybridized carbons (Fsp3) is 0.500. The molecule has 2 aliphatic rings. The van der Waals surface area contributed by atoms with Gasteiger partial charge in [-0.1, -0.05) is 55.5 Å². The van der Waals surface area contributed by atoms with Crippen molar-refractivity contribution in [1.29, 1.82) is 0 Å². The molecule has 2 aromatic carbocycles. The number of ether oxygens (including phenoxy) is 1. The Kier molecular flexibility index (Phi) is 7.69. The number of nitrogens with zero attached hydrogens (tertiary/aromatic N) is 7. The third-order valence-electron chi connectivity index (χ3n) is 8.96. The predicted molar refractivity (Wildman–Crippen MR) is 156 cm³/mol. The number of hydrogen-bond acceptors (Lipinski definition) is 6. The van der Waals surface area contributed by atoms with E-state index in [0.717, 1.165) is 54.3 Å². The van der Waals surface area contributed by atoms with E-state index in [4.69, 9.17) is 4.74 Å². The highest BCUT2D eigenvalue weighted by molar-refractivity contribution is 5.58. The van der Waals surface area contributed by atoms with Crippen LogP contribution in [0.3, 0.4) is 0 Å². The molecule has 1 atom stereocenters. The number of hydrogen-bond donors (Lipinski definition) is 0. The van der Waals surface area contributed by atoms with Gasteiger partial charge in [-0.15, -0.1) is 15.3 Å². The van der Waals surface area contributed by atoms with Crippen LogP contribution in [0.4, 0.5) is 0 Å². The standard InChI is InChI=1S/C32H41N7O/c1-22(2)27-7-5-8-29(19-27)40-21-31-34-35-32(37(31)4)26-13-15-28(16-14-26)39-20-30(33-36-39)25-11-9-24(10-12-25)23(3)38-17-6-18-38/h5,7-12,19-20,22-23,26,28H,6,13-18,21H2,1-4H3/t23-,26-,28-/m1/s1. The second-order valence-corrected chi connectivity index (χ2v) is 11.8. The molecule has 0 spiro atoms. The van der Waals surface area contributed by atoms with Crippen molar-refractivity contribution in [3.05, 3.63) is 77.5 Å². The van der Waals surface area contributed by atoms with Gasteiger partial charge >= 0.3 is 0 Å². The largest absolute Gasteiger partial charge is 0.486 e. The summed E-state index contributed by atoms with van der Waals surface area (Å²) in [4.78, 5) is 2.52. The Bertz CT molecular complexity index is 1410. The lowest BCUT2D eigenvalue weighted by molar-refractivity contribution is 0.128. The van der Waals surface area contributed by atoms with Crippen molar-refractivity contribution >= 4 is 0 Å². The maximum Gasteiger partial charge on any atom is 0.170 e. The van der Waals surface area contributed by atoms with E-state index in [1.54, 1.807) is 0 Å². The Morgan fingerprint density at radius 3 is 2.38 bits per heavy atom. The quantitative estimate of drug-likeness (QED) is 0.244. The van der Waals surface area contributed by atoms with Crippen LogP contribution in [0, 0.1) is 0 Å². The molecular formula is C32H41N7O. The Morgan fingerprint density at radius 2 is 1.68 bits per heavy atom. The smallest absolute Gasteiger partial charge is 0.170 e. The summed E-state index contributed by atoms with van der Waals surface area (Å²) in [6, 6.07) is 18.0. The van der Waals surface area contributed by atoms with E-state index in [0.29, 0.717) is 30.5 Å². The normalized spacial score (nSPS) is 20.4. The van der Waals surface area contributed by atoms with Crippen molar-refractivity contribution in [1.82, 2.24) is 34.7 Å². The van der Waals surface area contributed by atoms with Gasteiger partial charge in [0.1, 0.15) is 23.9 Å². The molecule has 2 aromatic heterocycles. The van der Waals surface area contributed by atoms with Crippen molar-refractivity contribution in [3.8, 4) is 17.0 Å². The van der Waals surface area contributed by atoms with Gasteiger partial charge in [0.15, 0.2) is 5.82 Å². The van der Waals surface area contributed by atoms with Crippen LogP contribution in [0.15, 0.2) is 54.7 Å². The first-order valence-electron chi connectivity index (χ1n) is 14.8. The van der Waals surface area contributed by atoms with Crippen LogP contribution >= 0.6 is 0 Å². The highest BCUT2D eigenvalue weighted by atomic mass is 16.5. The lowest BCUT2D eigenvalue weighted by Gasteiger charge is -2.36. The number of aromatic nitrogens is 6. The molecule has 40 heavy (non-hydrogen) atoms. The van der Waals surface area contributed by atoms with Gasteiger partial charge in [-0.05, 0) is 81.3 Å². The van der Waals surface area contributed by atoms with Crippen molar-refractivity contribution < 1.29 is 4.74 Å². The molecule has 0 bridgehead atoms. The third-order valence-corrected chi connectivity index (χ3v) is 8.96. The van der Waals surface area contributed by atoms with Gasteiger partial charge in [-0.2, -0.15) is 0 Å². The molecule has 0 unspecified atom stereocenters. The summed E-state index contributed by atoms with van der Waals surface area (Å²) in [5.41, 5.74) is 4.72. The minimum atomic E-state index is 0.368. The molecule has 1 aliphatic carbocycles. The zero-order chi connectivity index (χ0) is 27.6. The van der Waals surface area contributed by atoms with Crippen LogP contribution < -0.4 is 4.74 Å². The van der Waals surface area contributed by atoms with Gasteiger partial charge in [0.2, 0.25) is 0 Å². The van der Waals surface area contributed by atoms with Crippen molar-refractivity contribution in [3.63, 3.8) is 0 Å². The summed E-state index contributed by atoms with van der Waals surface area (Å²) in [6.07, 6.45) is 7.67. The zero-order valence-corrected chi connectivity index (χ0v) is 24.2. The molecule has 8 heteroatoms. The van der Waals surface area contributed by atoms with E-state index in [1.807, 2.05) is 6.07 Å². The average molecular weight is 540 g/mol. The first-order valence-corrected chi connectivity index (χ1v) is 14.8. The van der Waals surface area contributed by atoms with E-state index in [9.17, 15) is 0 Å². The van der Waals surface area contributed by atoms with Crippen LogP contribution in [0.1, 0.15) is 99.6 Å². The maximum atomic E-state index is 6.07. The lowest BCUT2D eigenvalue weighted by atomic mass is 9.85. The topological polar surface area (TPSA) is 73.9 Å². The fourth-order valence-electron chi connectivity index (χ4n) is 6.03. The molecule has 0 radical (unpaired) electrons. The molecule has 1 aliphatic heterocycles. The molecule has 210 valence electrons. The first-order chi connectivity index (χ1) is 19.5. The molecule has 8 nitrogen and oxygen atoms in total. The molecule has 1 saturated heterocycles. The van der Waals surface area contributed by atoms with Gasteiger partial charge in [-0.3, -0.25) is 4.90 Å². The van der Waals surface area contributed by atoms with E-state index in [1.165, 1.54) is 30.6 Å². The van der Waals surface area contributed by atoms with Gasteiger partial charge in [0.25, 0.3) is 0 Å². The van der Waals surface area contributed by atoms with Crippen LogP contribution in [0.25, 0.3) is 11.3 Å². The highest BCUT2D eigenvalue weighted by Gasteiger charge is 2.28. The van der Waals surface area contributed by atoms with Crippen molar-refractivity contribution in [2.24, 2.45) is 7.05 Å². The van der Waals surface area contributed by atoms with Gasteiger partial charge < -0.3 is 9.30 Å². The highest BCUT2D eigenvalue weighted by Crippen LogP contribution is 2.37. The van der Waals surface area contributed by atoms with E-state index >= 15 is 0 Å². The van der Waals surface area contributed by atoms with Crippen LogP contribution in [0.2, 0.25) is 0 Å². The molecule has 2 fully saturated rings. The maximum absolute atomic E-state index is 6.07. The Labute approximate surface area is 237 Å². The number of likely N-dealkylation sites (tertiary alicyclic amines) is 1. The van der Waals surface area contributed by atoms with Crippen LogP contribution in [0.5, 0.6) is 5.75 Å². The Balaban J connectivity index is 1.04. The predicted octanol–water partition coefficient (Wildman–Crippen LogP) is 6.44. The minimum absolute atomic E-state index is 0.368. The Morgan fingerprint density at radius 1 is 0.900 bits per heavy atom. The molecule has 4 aromatic rings. The fourth-order valence-corrected chi connectivity index (χ4v) is 6.03. The second-order valence-electron chi connectivity index (χ2n) is 11.8. The summed E-state index contributed by atoms with van der Waals surface area (Å²) >= 11 is 0. The number of rotatable bonds is 9. The second kappa shape index (κ2) is 11.5. The molecule has 6 rings (SSSR count). The van der Waals surface area contributed by atoms with E-state index in [-0.39, 0.29) is 0 Å². The average Bonchev–Trinajstić information content (AvgIpc) is 3.58. The van der Waals surface area contributed by atoms with Crippen LogP contribution in [-0.4, -0.2) is 47.7 Å². The summed E-state index contributed by atoms with van der Waals surface area (Å²) in [5, 5.41) is 18.1. The number of benzene rings is 2. The van der Waals surface area contributed by atoms with Gasteiger partial charge in [0, 0.05) is 24.6 Å². The third kappa shape index (κ3) is 5.55. The molecule has 0 N–H and O–H groups in total. The molecule has 3 heterocycles.